The normalized spacial score (nSPS) is 15.3. The molecule has 0 saturated carbocycles. The van der Waals surface area contributed by atoms with Crippen LogP contribution in [0.4, 0.5) is 5.69 Å². The lowest BCUT2D eigenvalue weighted by molar-refractivity contribution is -0.122. The van der Waals surface area contributed by atoms with Crippen molar-refractivity contribution in [2.24, 2.45) is 0 Å². The maximum atomic E-state index is 12.7. The molecule has 2 aromatic rings. The fraction of sp³-hybridized carbons (Fsp3) is 0.150. The third-order valence-corrected chi connectivity index (χ3v) is 5.30. The van der Waals surface area contributed by atoms with Crippen molar-refractivity contribution in [3.05, 3.63) is 65.1 Å². The Morgan fingerprint density at radius 3 is 2.63 bits per heavy atom. The molecule has 0 aromatic heterocycles. The number of amides is 2. The lowest BCUT2D eigenvalue weighted by atomic mass is 10.2. The largest absolute Gasteiger partial charge is 0.496 e. The van der Waals surface area contributed by atoms with E-state index in [0.717, 1.165) is 11.3 Å². The third-order valence-electron chi connectivity index (χ3n) is 3.92. The van der Waals surface area contributed by atoms with Crippen molar-refractivity contribution >= 4 is 51.9 Å². The van der Waals surface area contributed by atoms with Crippen molar-refractivity contribution in [2.75, 3.05) is 19.0 Å². The first-order valence-electron chi connectivity index (χ1n) is 8.32. The van der Waals surface area contributed by atoms with Crippen molar-refractivity contribution in [1.82, 2.24) is 4.90 Å². The van der Waals surface area contributed by atoms with Crippen molar-refractivity contribution in [3.8, 4) is 5.75 Å². The van der Waals surface area contributed by atoms with Gasteiger partial charge in [-0.1, -0.05) is 60.4 Å². The number of benzene rings is 2. The SMILES string of the molecule is COc1ccccc1C=C1SC(=S)N(CCC(=O)Nc2ccccc2)C1=O. The average molecular weight is 399 g/mol. The van der Waals surface area contributed by atoms with Gasteiger partial charge in [0.2, 0.25) is 5.91 Å². The van der Waals surface area contributed by atoms with Gasteiger partial charge in [-0.05, 0) is 24.3 Å². The summed E-state index contributed by atoms with van der Waals surface area (Å²) in [6.07, 6.45) is 1.94. The topological polar surface area (TPSA) is 58.6 Å². The van der Waals surface area contributed by atoms with Crippen LogP contribution in [0.3, 0.4) is 0 Å². The van der Waals surface area contributed by atoms with Gasteiger partial charge < -0.3 is 10.1 Å². The number of hydrogen-bond acceptors (Lipinski definition) is 5. The molecule has 0 radical (unpaired) electrons. The summed E-state index contributed by atoms with van der Waals surface area (Å²) < 4.78 is 5.77. The number of methoxy groups -OCH3 is 1. The molecule has 0 unspecified atom stereocenters. The van der Waals surface area contributed by atoms with Crippen LogP contribution in [0.1, 0.15) is 12.0 Å². The predicted octanol–water partition coefficient (Wildman–Crippen LogP) is 3.93. The maximum absolute atomic E-state index is 12.7. The molecule has 0 aliphatic carbocycles. The molecule has 138 valence electrons. The molecule has 0 spiro atoms. The van der Waals surface area contributed by atoms with Crippen LogP contribution < -0.4 is 10.1 Å². The summed E-state index contributed by atoms with van der Waals surface area (Å²) in [5.41, 5.74) is 1.53. The highest BCUT2D eigenvalue weighted by molar-refractivity contribution is 8.26. The molecule has 3 rings (SSSR count). The monoisotopic (exact) mass is 398 g/mol. The first kappa shape index (κ1) is 19.1. The van der Waals surface area contributed by atoms with Crippen molar-refractivity contribution in [3.63, 3.8) is 0 Å². The minimum absolute atomic E-state index is 0.163. The predicted molar refractivity (Wildman–Crippen MR) is 113 cm³/mol. The first-order chi connectivity index (χ1) is 13.1. The highest BCUT2D eigenvalue weighted by Crippen LogP contribution is 2.34. The van der Waals surface area contributed by atoms with Gasteiger partial charge in [-0.2, -0.15) is 0 Å². The lowest BCUT2D eigenvalue weighted by Gasteiger charge is -2.14. The Balaban J connectivity index is 1.64. The molecule has 1 heterocycles. The second kappa shape index (κ2) is 8.83. The van der Waals surface area contributed by atoms with Gasteiger partial charge in [0.15, 0.2) is 0 Å². The zero-order valence-corrected chi connectivity index (χ0v) is 16.3. The average Bonchev–Trinajstić information content (AvgIpc) is 2.94. The minimum Gasteiger partial charge on any atom is -0.496 e. The minimum atomic E-state index is -0.191. The Morgan fingerprint density at radius 1 is 1.19 bits per heavy atom. The molecule has 0 bridgehead atoms. The molecule has 7 heteroatoms. The second-order valence-corrected chi connectivity index (χ2v) is 7.42. The number of thioether (sulfide) groups is 1. The first-order valence-corrected chi connectivity index (χ1v) is 9.54. The second-order valence-electron chi connectivity index (χ2n) is 5.74. The van der Waals surface area contributed by atoms with Crippen molar-refractivity contribution in [2.45, 2.75) is 6.42 Å². The number of para-hydroxylation sites is 2. The highest BCUT2D eigenvalue weighted by atomic mass is 32.2. The third kappa shape index (κ3) is 4.75. The van der Waals surface area contributed by atoms with Gasteiger partial charge in [0.1, 0.15) is 10.1 Å². The molecule has 1 fully saturated rings. The molecule has 2 amide bonds. The Kier molecular flexibility index (Phi) is 6.26. The van der Waals surface area contributed by atoms with Crippen LogP contribution in [0, 0.1) is 0 Å². The van der Waals surface area contributed by atoms with E-state index >= 15 is 0 Å². The number of nitrogens with zero attached hydrogens (tertiary/aromatic N) is 1. The van der Waals surface area contributed by atoms with Crippen LogP contribution in [-0.2, 0) is 9.59 Å². The van der Waals surface area contributed by atoms with Gasteiger partial charge in [-0.25, -0.2) is 0 Å². The Bertz CT molecular complexity index is 897. The van der Waals surface area contributed by atoms with E-state index in [1.54, 1.807) is 13.2 Å². The summed E-state index contributed by atoms with van der Waals surface area (Å²) in [6, 6.07) is 16.7. The van der Waals surface area contributed by atoms with Crippen LogP contribution >= 0.6 is 24.0 Å². The van der Waals surface area contributed by atoms with Crippen LogP contribution in [0.25, 0.3) is 6.08 Å². The summed E-state index contributed by atoms with van der Waals surface area (Å²) in [4.78, 5) is 26.8. The molecule has 1 aliphatic heterocycles. The zero-order chi connectivity index (χ0) is 19.2. The van der Waals surface area contributed by atoms with E-state index in [1.807, 2.05) is 54.6 Å². The fourth-order valence-electron chi connectivity index (χ4n) is 2.58. The van der Waals surface area contributed by atoms with E-state index in [2.05, 4.69) is 5.32 Å². The van der Waals surface area contributed by atoms with Gasteiger partial charge in [0, 0.05) is 24.2 Å². The number of hydrogen-bond donors (Lipinski definition) is 1. The molecule has 1 saturated heterocycles. The summed E-state index contributed by atoms with van der Waals surface area (Å²) in [5, 5.41) is 2.80. The molecule has 1 N–H and O–H groups in total. The number of ether oxygens (including phenoxy) is 1. The number of rotatable bonds is 6. The van der Waals surface area contributed by atoms with Crippen LogP contribution in [0.15, 0.2) is 59.5 Å². The molecule has 0 atom stereocenters. The van der Waals surface area contributed by atoms with E-state index in [4.69, 9.17) is 17.0 Å². The highest BCUT2D eigenvalue weighted by Gasteiger charge is 2.32. The van der Waals surface area contributed by atoms with Crippen LogP contribution in [-0.4, -0.2) is 34.7 Å². The van der Waals surface area contributed by atoms with Crippen molar-refractivity contribution < 1.29 is 14.3 Å². The number of carbonyl (C=O) groups excluding carboxylic acids is 2. The fourth-order valence-corrected chi connectivity index (χ4v) is 3.88. The Morgan fingerprint density at radius 2 is 1.89 bits per heavy atom. The van der Waals surface area contributed by atoms with Crippen LogP contribution in [0.5, 0.6) is 5.75 Å². The molecular weight excluding hydrogens is 380 g/mol. The van der Waals surface area contributed by atoms with E-state index in [1.165, 1.54) is 16.7 Å². The van der Waals surface area contributed by atoms with E-state index < -0.39 is 0 Å². The molecular formula is C20H18N2O3S2. The standard InChI is InChI=1S/C20H18N2O3S2/c1-25-16-10-6-5-7-14(16)13-17-19(24)22(20(26)27-17)12-11-18(23)21-15-8-3-2-4-9-15/h2-10,13H,11-12H2,1H3,(H,21,23). The zero-order valence-electron chi connectivity index (χ0n) is 14.7. The van der Waals surface area contributed by atoms with Gasteiger partial charge in [-0.3, -0.25) is 14.5 Å². The lowest BCUT2D eigenvalue weighted by Crippen LogP contribution is -2.31. The van der Waals surface area contributed by atoms with E-state index in [0.29, 0.717) is 15.0 Å². The summed E-state index contributed by atoms with van der Waals surface area (Å²) in [6.45, 7) is 0.243. The summed E-state index contributed by atoms with van der Waals surface area (Å²) in [7, 11) is 1.59. The van der Waals surface area contributed by atoms with E-state index in [-0.39, 0.29) is 24.8 Å². The number of nitrogens with one attached hydrogen (secondary N) is 1. The Labute approximate surface area is 167 Å². The molecule has 2 aromatic carbocycles. The quantitative estimate of drug-likeness (QED) is 0.590. The maximum Gasteiger partial charge on any atom is 0.266 e. The smallest absolute Gasteiger partial charge is 0.266 e. The van der Waals surface area contributed by atoms with Gasteiger partial charge in [0.25, 0.3) is 5.91 Å². The molecule has 27 heavy (non-hydrogen) atoms. The Hall–Kier alpha value is -2.64. The van der Waals surface area contributed by atoms with E-state index in [9.17, 15) is 9.59 Å². The molecule has 5 nitrogen and oxygen atoms in total. The summed E-state index contributed by atoms with van der Waals surface area (Å²) >= 11 is 6.55. The van der Waals surface area contributed by atoms with Crippen molar-refractivity contribution in [1.29, 1.82) is 0 Å². The van der Waals surface area contributed by atoms with Gasteiger partial charge >= 0.3 is 0 Å². The number of carbonyl (C=O) groups is 2. The van der Waals surface area contributed by atoms with Gasteiger partial charge in [0.05, 0.1) is 12.0 Å². The van der Waals surface area contributed by atoms with Crippen LogP contribution in [0.2, 0.25) is 0 Å². The molecule has 1 aliphatic rings. The summed E-state index contributed by atoms with van der Waals surface area (Å²) in [5.74, 6) is 0.331. The number of thiocarbonyl (C=S) groups is 1. The number of anilines is 1. The van der Waals surface area contributed by atoms with Gasteiger partial charge in [-0.15, -0.1) is 0 Å².